The summed E-state index contributed by atoms with van der Waals surface area (Å²) in [5.74, 6) is 0.440. The van der Waals surface area contributed by atoms with Crippen molar-refractivity contribution in [2.75, 3.05) is 6.54 Å². The minimum absolute atomic E-state index is 0.178. The van der Waals surface area contributed by atoms with Crippen molar-refractivity contribution in [2.45, 2.75) is 39.0 Å². The molecule has 1 amide bonds. The van der Waals surface area contributed by atoms with E-state index in [1.165, 1.54) is 19.3 Å². The molecule has 0 aliphatic carbocycles. The van der Waals surface area contributed by atoms with Gasteiger partial charge in [-0.05, 0) is 12.8 Å². The molecule has 0 aromatic carbocycles. The lowest BCUT2D eigenvalue weighted by atomic mass is 9.96. The molecule has 1 heterocycles. The summed E-state index contributed by atoms with van der Waals surface area (Å²) in [4.78, 5) is 11.2. The fourth-order valence-electron chi connectivity index (χ4n) is 1.55. The van der Waals surface area contributed by atoms with Gasteiger partial charge in [0.25, 0.3) is 0 Å². The van der Waals surface area contributed by atoms with Gasteiger partial charge in [-0.3, -0.25) is 10.2 Å². The fourth-order valence-corrected chi connectivity index (χ4v) is 1.55. The number of amides is 1. The van der Waals surface area contributed by atoms with Crippen molar-refractivity contribution in [3.05, 3.63) is 0 Å². The van der Waals surface area contributed by atoms with E-state index in [2.05, 4.69) is 17.8 Å². The highest BCUT2D eigenvalue weighted by Gasteiger charge is 2.20. The number of nitrogens with one attached hydrogen (secondary N) is 2. The lowest BCUT2D eigenvalue weighted by molar-refractivity contribution is -0.128. The summed E-state index contributed by atoms with van der Waals surface area (Å²) in [5, 5.41) is 0. The van der Waals surface area contributed by atoms with Gasteiger partial charge in [-0.25, -0.2) is 5.43 Å². The van der Waals surface area contributed by atoms with E-state index in [1.54, 1.807) is 0 Å². The predicted octanol–water partition coefficient (Wildman–Crippen LogP) is 1.21. The average Bonchev–Trinajstić information content (AvgIpc) is 2.09. The predicted molar refractivity (Wildman–Crippen MR) is 48.4 cm³/mol. The van der Waals surface area contributed by atoms with E-state index in [4.69, 9.17) is 0 Å². The van der Waals surface area contributed by atoms with Crippen LogP contribution in [0.1, 0.15) is 39.0 Å². The van der Waals surface area contributed by atoms with Crippen molar-refractivity contribution in [1.82, 2.24) is 10.9 Å². The van der Waals surface area contributed by atoms with Crippen LogP contribution in [0.25, 0.3) is 0 Å². The monoisotopic (exact) mass is 170 g/mol. The highest BCUT2D eigenvalue weighted by molar-refractivity contribution is 5.78. The van der Waals surface area contributed by atoms with Crippen molar-refractivity contribution < 1.29 is 4.79 Å². The van der Waals surface area contributed by atoms with Crippen LogP contribution in [0.15, 0.2) is 0 Å². The number of unbranched alkanes of at least 4 members (excludes halogenated alkanes) is 2. The fraction of sp³-hybridized carbons (Fsp3) is 0.889. The van der Waals surface area contributed by atoms with Crippen molar-refractivity contribution in [1.29, 1.82) is 0 Å². The van der Waals surface area contributed by atoms with Gasteiger partial charge in [0.2, 0.25) is 5.91 Å². The van der Waals surface area contributed by atoms with E-state index in [0.717, 1.165) is 19.4 Å². The van der Waals surface area contributed by atoms with E-state index >= 15 is 0 Å². The first-order valence-corrected chi connectivity index (χ1v) is 4.87. The molecule has 1 unspecified atom stereocenters. The Morgan fingerprint density at radius 3 is 3.00 bits per heavy atom. The maximum absolute atomic E-state index is 11.2. The lowest BCUT2D eigenvalue weighted by Crippen LogP contribution is -2.47. The van der Waals surface area contributed by atoms with Gasteiger partial charge in [0.1, 0.15) is 0 Å². The molecular formula is C9H18N2O. The minimum atomic E-state index is 0.178. The Kier molecular flexibility index (Phi) is 4.08. The van der Waals surface area contributed by atoms with Gasteiger partial charge in [-0.15, -0.1) is 0 Å². The van der Waals surface area contributed by atoms with Gasteiger partial charge < -0.3 is 0 Å². The Balaban J connectivity index is 2.16. The molecule has 0 radical (unpaired) electrons. The summed E-state index contributed by atoms with van der Waals surface area (Å²) in [7, 11) is 0. The Bertz CT molecular complexity index is 147. The lowest BCUT2D eigenvalue weighted by Gasteiger charge is -2.22. The summed E-state index contributed by atoms with van der Waals surface area (Å²) in [6.07, 6.45) is 5.72. The molecule has 70 valence electrons. The smallest absolute Gasteiger partial charge is 0.237 e. The third-order valence-corrected chi connectivity index (χ3v) is 2.36. The summed E-state index contributed by atoms with van der Waals surface area (Å²) >= 11 is 0. The van der Waals surface area contributed by atoms with Crippen LogP contribution in [-0.4, -0.2) is 12.5 Å². The van der Waals surface area contributed by atoms with E-state index < -0.39 is 0 Å². The molecule has 12 heavy (non-hydrogen) atoms. The van der Waals surface area contributed by atoms with Crippen LogP contribution in [0.4, 0.5) is 0 Å². The van der Waals surface area contributed by atoms with Crippen LogP contribution < -0.4 is 10.9 Å². The summed E-state index contributed by atoms with van der Waals surface area (Å²) in [6.45, 7) is 3.10. The Hall–Kier alpha value is -0.570. The standard InChI is InChI=1S/C9H18N2O/c1-2-3-4-5-8-6-7-10-11-9(8)12/h8,10H,2-7H2,1H3,(H,11,12). The van der Waals surface area contributed by atoms with Crippen molar-refractivity contribution in [2.24, 2.45) is 5.92 Å². The molecule has 0 bridgehead atoms. The summed E-state index contributed by atoms with van der Waals surface area (Å²) < 4.78 is 0. The van der Waals surface area contributed by atoms with Crippen molar-refractivity contribution in [3.63, 3.8) is 0 Å². The van der Waals surface area contributed by atoms with Crippen LogP contribution >= 0.6 is 0 Å². The molecule has 3 nitrogen and oxygen atoms in total. The van der Waals surface area contributed by atoms with E-state index in [1.807, 2.05) is 0 Å². The number of hydrogen-bond donors (Lipinski definition) is 2. The van der Waals surface area contributed by atoms with Crippen molar-refractivity contribution in [3.8, 4) is 0 Å². The number of carbonyl (C=O) groups is 1. The largest absolute Gasteiger partial charge is 0.291 e. The molecule has 3 heteroatoms. The molecule has 0 spiro atoms. The van der Waals surface area contributed by atoms with Gasteiger partial charge in [0.05, 0.1) is 0 Å². The van der Waals surface area contributed by atoms with Gasteiger partial charge >= 0.3 is 0 Å². The first-order chi connectivity index (χ1) is 5.84. The molecule has 1 aliphatic heterocycles. The number of carbonyl (C=O) groups excluding carboxylic acids is 1. The Morgan fingerprint density at radius 2 is 2.33 bits per heavy atom. The van der Waals surface area contributed by atoms with Crippen LogP contribution in [0.5, 0.6) is 0 Å². The third-order valence-electron chi connectivity index (χ3n) is 2.36. The topological polar surface area (TPSA) is 41.1 Å². The number of hydrogen-bond acceptors (Lipinski definition) is 2. The molecule has 0 aromatic rings. The average molecular weight is 170 g/mol. The zero-order chi connectivity index (χ0) is 8.81. The highest BCUT2D eigenvalue weighted by Crippen LogP contribution is 2.14. The first-order valence-electron chi connectivity index (χ1n) is 4.87. The van der Waals surface area contributed by atoms with Crippen molar-refractivity contribution >= 4 is 5.91 Å². The van der Waals surface area contributed by atoms with E-state index in [0.29, 0.717) is 0 Å². The third kappa shape index (κ3) is 2.81. The molecule has 1 fully saturated rings. The van der Waals surface area contributed by atoms with E-state index in [-0.39, 0.29) is 11.8 Å². The molecule has 1 aliphatic rings. The van der Waals surface area contributed by atoms with E-state index in [9.17, 15) is 4.79 Å². The second-order valence-corrected chi connectivity index (χ2v) is 3.40. The second-order valence-electron chi connectivity index (χ2n) is 3.40. The molecule has 1 saturated heterocycles. The van der Waals surface area contributed by atoms with Crippen LogP contribution in [0, 0.1) is 5.92 Å². The normalized spacial score (nSPS) is 23.8. The summed E-state index contributed by atoms with van der Waals surface area (Å²) in [6, 6.07) is 0. The number of hydrazine groups is 1. The molecule has 1 rings (SSSR count). The zero-order valence-electron chi connectivity index (χ0n) is 7.73. The SMILES string of the molecule is CCCCCC1CCNNC1=O. The summed E-state index contributed by atoms with van der Waals surface area (Å²) in [5.41, 5.74) is 5.53. The van der Waals surface area contributed by atoms with Gasteiger partial charge in [0.15, 0.2) is 0 Å². The number of rotatable bonds is 4. The molecule has 2 N–H and O–H groups in total. The maximum atomic E-state index is 11.2. The first kappa shape index (κ1) is 9.52. The molecule has 0 aromatic heterocycles. The quantitative estimate of drug-likeness (QED) is 0.623. The maximum Gasteiger partial charge on any atom is 0.237 e. The second kappa shape index (κ2) is 5.14. The van der Waals surface area contributed by atoms with Gasteiger partial charge in [-0.1, -0.05) is 26.2 Å². The van der Waals surface area contributed by atoms with Crippen LogP contribution in [-0.2, 0) is 4.79 Å². The highest BCUT2D eigenvalue weighted by atomic mass is 16.2. The Morgan fingerprint density at radius 1 is 1.50 bits per heavy atom. The van der Waals surface area contributed by atoms with Crippen LogP contribution in [0.3, 0.4) is 0 Å². The van der Waals surface area contributed by atoms with Gasteiger partial charge in [0, 0.05) is 12.5 Å². The minimum Gasteiger partial charge on any atom is -0.291 e. The van der Waals surface area contributed by atoms with Gasteiger partial charge in [-0.2, -0.15) is 0 Å². The molecule has 1 atom stereocenters. The Labute approximate surface area is 73.9 Å². The zero-order valence-corrected chi connectivity index (χ0v) is 7.73. The molecular weight excluding hydrogens is 152 g/mol. The molecule has 0 saturated carbocycles. The van der Waals surface area contributed by atoms with Crippen LogP contribution in [0.2, 0.25) is 0 Å².